The summed E-state index contributed by atoms with van der Waals surface area (Å²) in [5, 5.41) is 0.809. The highest BCUT2D eigenvalue weighted by molar-refractivity contribution is 5.74. The maximum atomic E-state index is 12.2. The molecule has 0 fully saturated rings. The largest absolute Gasteiger partial charge is 0.448 e. The fourth-order valence-electron chi connectivity index (χ4n) is 1.55. The van der Waals surface area contributed by atoms with Gasteiger partial charge in [-0.25, -0.2) is 0 Å². The molecule has 0 atom stereocenters. The average molecular weight is 212 g/mol. The summed E-state index contributed by atoms with van der Waals surface area (Å²) in [7, 11) is 0. The van der Waals surface area contributed by atoms with Crippen molar-refractivity contribution in [1.82, 2.24) is 0 Å². The number of aromatic nitrogens is 1. The van der Waals surface area contributed by atoms with Gasteiger partial charge in [-0.05, 0) is 12.1 Å². The fourth-order valence-corrected chi connectivity index (χ4v) is 1.55. The number of fused-ring (bicyclic) bond motifs is 1. The van der Waals surface area contributed by atoms with Crippen LogP contribution >= 0.6 is 0 Å². The highest BCUT2D eigenvalue weighted by Crippen LogP contribution is 2.16. The Bertz CT molecular complexity index is 471. The third-order valence-electron chi connectivity index (χ3n) is 2.14. The second-order valence-electron chi connectivity index (χ2n) is 3.31. The fraction of sp³-hybridized carbons (Fsp3) is 0.182. The molecule has 1 heterocycles. The van der Waals surface area contributed by atoms with Gasteiger partial charge in [0.15, 0.2) is 6.20 Å². The van der Waals surface area contributed by atoms with Gasteiger partial charge in [0.2, 0.25) is 12.1 Å². The molecule has 0 bridgehead atoms. The van der Waals surface area contributed by atoms with Crippen molar-refractivity contribution in [2.45, 2.75) is 12.7 Å². The molecule has 0 unspecified atom stereocenters. The summed E-state index contributed by atoms with van der Waals surface area (Å²) in [4.78, 5) is 0. The summed E-state index contributed by atoms with van der Waals surface area (Å²) in [6.07, 6.45) is -2.75. The summed E-state index contributed by atoms with van der Waals surface area (Å²) in [5.41, 5.74) is 0.595. The Hall–Kier alpha value is -1.58. The lowest BCUT2D eigenvalue weighted by Gasteiger charge is -2.03. The first-order chi connectivity index (χ1) is 7.06. The van der Waals surface area contributed by atoms with Crippen molar-refractivity contribution in [3.05, 3.63) is 42.6 Å². The predicted octanol–water partition coefficient (Wildman–Crippen LogP) is 2.69. The second kappa shape index (κ2) is 3.53. The number of rotatable bonds is 1. The third-order valence-corrected chi connectivity index (χ3v) is 2.14. The standard InChI is InChI=1S/C11H9F3N/c12-11(13,14)8-15-7-3-5-9-4-1-2-6-10(9)15/h1-7H,8H2/q+1. The summed E-state index contributed by atoms with van der Waals surface area (Å²) in [5.74, 6) is 0. The van der Waals surface area contributed by atoms with Crippen LogP contribution in [0.2, 0.25) is 0 Å². The average Bonchev–Trinajstić information content (AvgIpc) is 2.16. The van der Waals surface area contributed by atoms with Crippen LogP contribution < -0.4 is 4.57 Å². The van der Waals surface area contributed by atoms with Crippen LogP contribution in [-0.4, -0.2) is 6.18 Å². The maximum absolute atomic E-state index is 12.2. The van der Waals surface area contributed by atoms with Crippen molar-refractivity contribution in [1.29, 1.82) is 0 Å². The van der Waals surface area contributed by atoms with E-state index >= 15 is 0 Å². The SMILES string of the molecule is FC(F)(F)C[n+]1cccc2ccccc21. The minimum Gasteiger partial charge on any atom is -0.189 e. The van der Waals surface area contributed by atoms with Crippen molar-refractivity contribution in [3.63, 3.8) is 0 Å². The molecule has 0 saturated carbocycles. The molecule has 1 nitrogen and oxygen atoms in total. The number of pyridine rings is 1. The topological polar surface area (TPSA) is 3.88 Å². The molecule has 0 aliphatic heterocycles. The van der Waals surface area contributed by atoms with Gasteiger partial charge in [-0.2, -0.15) is 17.7 Å². The Kier molecular flexibility index (Phi) is 2.34. The first-order valence-electron chi connectivity index (χ1n) is 4.50. The number of benzene rings is 1. The Balaban J connectivity index is 2.52. The molecule has 0 N–H and O–H groups in total. The molecule has 0 aliphatic rings. The van der Waals surface area contributed by atoms with Crippen LogP contribution in [0, 0.1) is 0 Å². The zero-order chi connectivity index (χ0) is 10.9. The smallest absolute Gasteiger partial charge is 0.189 e. The highest BCUT2D eigenvalue weighted by atomic mass is 19.4. The van der Waals surface area contributed by atoms with Crippen LogP contribution in [0.3, 0.4) is 0 Å². The van der Waals surface area contributed by atoms with Crippen LogP contribution in [0.5, 0.6) is 0 Å². The van der Waals surface area contributed by atoms with Crippen LogP contribution in [-0.2, 0) is 6.54 Å². The lowest BCUT2D eigenvalue weighted by molar-refractivity contribution is -0.695. The molecule has 1 aromatic heterocycles. The van der Waals surface area contributed by atoms with E-state index < -0.39 is 12.7 Å². The van der Waals surface area contributed by atoms with Crippen molar-refractivity contribution in [2.75, 3.05) is 0 Å². The molecule has 0 radical (unpaired) electrons. The van der Waals surface area contributed by atoms with E-state index in [0.717, 1.165) is 5.39 Å². The van der Waals surface area contributed by atoms with Gasteiger partial charge in [0.25, 0.3) is 0 Å². The number of para-hydroxylation sites is 1. The lowest BCUT2D eigenvalue weighted by Crippen LogP contribution is -2.41. The van der Waals surface area contributed by atoms with E-state index in [0.29, 0.717) is 5.52 Å². The predicted molar refractivity (Wildman–Crippen MR) is 50.2 cm³/mol. The molecule has 4 heteroatoms. The molecular weight excluding hydrogens is 203 g/mol. The van der Waals surface area contributed by atoms with Gasteiger partial charge in [0.1, 0.15) is 0 Å². The van der Waals surface area contributed by atoms with Gasteiger partial charge >= 0.3 is 6.18 Å². The normalized spacial score (nSPS) is 11.9. The molecule has 0 spiro atoms. The van der Waals surface area contributed by atoms with E-state index in [1.807, 2.05) is 0 Å². The van der Waals surface area contributed by atoms with Crippen LogP contribution in [0.25, 0.3) is 10.9 Å². The minimum atomic E-state index is -4.19. The lowest BCUT2D eigenvalue weighted by atomic mass is 10.2. The maximum Gasteiger partial charge on any atom is 0.448 e. The summed E-state index contributed by atoms with van der Waals surface area (Å²) in [6, 6.07) is 10.4. The number of halogens is 3. The van der Waals surface area contributed by atoms with Gasteiger partial charge in [0.05, 0.1) is 0 Å². The molecule has 0 amide bonds. The molecule has 0 aliphatic carbocycles. The Labute approximate surface area is 84.8 Å². The van der Waals surface area contributed by atoms with E-state index in [1.165, 1.54) is 10.8 Å². The van der Waals surface area contributed by atoms with Crippen molar-refractivity contribution < 1.29 is 17.7 Å². The molecule has 2 rings (SSSR count). The monoisotopic (exact) mass is 212 g/mol. The number of hydrogen-bond acceptors (Lipinski definition) is 0. The molecule has 2 aromatic rings. The summed E-state index contributed by atoms with van der Waals surface area (Å²) in [6.45, 7) is -0.950. The molecule has 0 saturated heterocycles. The quantitative estimate of drug-likeness (QED) is 0.640. The van der Waals surface area contributed by atoms with Crippen molar-refractivity contribution in [3.8, 4) is 0 Å². The van der Waals surface area contributed by atoms with Crippen LogP contribution in [0.4, 0.5) is 13.2 Å². The summed E-state index contributed by atoms with van der Waals surface area (Å²) >= 11 is 0. The molecule has 15 heavy (non-hydrogen) atoms. The Morgan fingerprint density at radius 2 is 1.67 bits per heavy atom. The number of nitrogens with zero attached hydrogens (tertiary/aromatic N) is 1. The highest BCUT2D eigenvalue weighted by Gasteiger charge is 2.33. The number of hydrogen-bond donors (Lipinski definition) is 0. The van der Waals surface area contributed by atoms with E-state index in [4.69, 9.17) is 0 Å². The van der Waals surface area contributed by atoms with Crippen molar-refractivity contribution >= 4 is 10.9 Å². The third kappa shape index (κ3) is 2.26. The van der Waals surface area contributed by atoms with Crippen LogP contribution in [0.1, 0.15) is 0 Å². The van der Waals surface area contributed by atoms with E-state index in [2.05, 4.69) is 0 Å². The van der Waals surface area contributed by atoms with Gasteiger partial charge in [-0.1, -0.05) is 12.1 Å². The van der Waals surface area contributed by atoms with Gasteiger partial charge in [0, 0.05) is 17.5 Å². The van der Waals surface area contributed by atoms with E-state index in [9.17, 15) is 13.2 Å². The van der Waals surface area contributed by atoms with Gasteiger partial charge in [-0.3, -0.25) is 0 Å². The van der Waals surface area contributed by atoms with Gasteiger partial charge < -0.3 is 0 Å². The zero-order valence-electron chi connectivity index (χ0n) is 7.83. The molecule has 1 aromatic carbocycles. The van der Waals surface area contributed by atoms with E-state index in [-0.39, 0.29) is 0 Å². The Morgan fingerprint density at radius 3 is 2.40 bits per heavy atom. The van der Waals surface area contributed by atoms with E-state index in [1.54, 1.807) is 36.4 Å². The Morgan fingerprint density at radius 1 is 1.00 bits per heavy atom. The summed E-state index contributed by atoms with van der Waals surface area (Å²) < 4.78 is 37.9. The second-order valence-corrected chi connectivity index (χ2v) is 3.31. The minimum absolute atomic E-state index is 0.595. The zero-order valence-corrected chi connectivity index (χ0v) is 7.83. The first kappa shape index (κ1) is 9.96. The van der Waals surface area contributed by atoms with Crippen LogP contribution in [0.15, 0.2) is 42.6 Å². The molecule has 78 valence electrons. The van der Waals surface area contributed by atoms with Crippen molar-refractivity contribution in [2.24, 2.45) is 0 Å². The first-order valence-corrected chi connectivity index (χ1v) is 4.50. The van der Waals surface area contributed by atoms with Gasteiger partial charge in [-0.15, -0.1) is 0 Å². The number of alkyl halides is 3. The molecular formula is C11H9F3N+.